The fraction of sp³-hybridized carbons (Fsp3) is 0.692. The van der Waals surface area contributed by atoms with E-state index in [-0.39, 0.29) is 17.6 Å². The summed E-state index contributed by atoms with van der Waals surface area (Å²) >= 11 is 0. The monoisotopic (exact) mass is 250 g/mol. The minimum Gasteiger partial charge on any atom is -0.352 e. The van der Waals surface area contributed by atoms with Crippen molar-refractivity contribution < 1.29 is 0 Å². The van der Waals surface area contributed by atoms with Gasteiger partial charge in [0.1, 0.15) is 0 Å². The van der Waals surface area contributed by atoms with E-state index in [1.165, 1.54) is 0 Å². The Hall–Kier alpha value is -1.36. The maximum atomic E-state index is 12.3. The molecule has 100 valence electrons. The van der Waals surface area contributed by atoms with Crippen LogP contribution in [0.4, 0.5) is 5.82 Å². The van der Waals surface area contributed by atoms with Crippen LogP contribution in [0, 0.1) is 5.92 Å². The van der Waals surface area contributed by atoms with Crippen molar-refractivity contribution in [3.05, 3.63) is 22.7 Å². The average molecular weight is 250 g/mol. The van der Waals surface area contributed by atoms with Gasteiger partial charge in [0.25, 0.3) is 5.56 Å². The normalized spacial score (nSPS) is 21.6. The van der Waals surface area contributed by atoms with Crippen molar-refractivity contribution in [1.29, 1.82) is 0 Å². The highest BCUT2D eigenvalue weighted by atomic mass is 16.1. The summed E-state index contributed by atoms with van der Waals surface area (Å²) in [6.07, 6.45) is 4.49. The van der Waals surface area contributed by atoms with Crippen molar-refractivity contribution in [2.75, 3.05) is 18.0 Å². The third kappa shape index (κ3) is 2.41. The van der Waals surface area contributed by atoms with Gasteiger partial charge in [-0.05, 0) is 33.1 Å². The van der Waals surface area contributed by atoms with Crippen molar-refractivity contribution in [2.45, 2.75) is 39.3 Å². The van der Waals surface area contributed by atoms with Crippen LogP contribution >= 0.6 is 0 Å². The molecule has 18 heavy (non-hydrogen) atoms. The molecule has 2 N–H and O–H groups in total. The van der Waals surface area contributed by atoms with E-state index in [9.17, 15) is 4.79 Å². The molecule has 2 atom stereocenters. The zero-order valence-electron chi connectivity index (χ0n) is 11.3. The largest absolute Gasteiger partial charge is 0.352 e. The maximum Gasteiger partial charge on any atom is 0.293 e. The molecule has 1 aromatic rings. The van der Waals surface area contributed by atoms with Crippen LogP contribution in [-0.2, 0) is 0 Å². The molecule has 0 aromatic carbocycles. The van der Waals surface area contributed by atoms with Crippen LogP contribution in [0.1, 0.15) is 33.2 Å². The number of nitrogens with two attached hydrogens (primary N) is 1. The second-order valence-electron chi connectivity index (χ2n) is 5.41. The predicted octanol–water partition coefficient (Wildman–Crippen LogP) is 0.998. The van der Waals surface area contributed by atoms with E-state index in [0.717, 1.165) is 19.5 Å². The Morgan fingerprint density at radius 2 is 2.17 bits per heavy atom. The topological polar surface area (TPSA) is 64.2 Å². The summed E-state index contributed by atoms with van der Waals surface area (Å²) in [6, 6.07) is 0.331. The van der Waals surface area contributed by atoms with Crippen LogP contribution in [0.3, 0.4) is 0 Å². The number of hydrogen-bond acceptors (Lipinski definition) is 4. The molecule has 0 aliphatic carbocycles. The molecule has 5 heteroatoms. The second-order valence-corrected chi connectivity index (χ2v) is 5.41. The van der Waals surface area contributed by atoms with E-state index >= 15 is 0 Å². The molecule has 1 aliphatic rings. The lowest BCUT2D eigenvalue weighted by molar-refractivity contribution is 0.487. The minimum absolute atomic E-state index is 0.00201. The van der Waals surface area contributed by atoms with Gasteiger partial charge in [-0.15, -0.1) is 0 Å². The van der Waals surface area contributed by atoms with Crippen LogP contribution in [0.15, 0.2) is 17.2 Å². The molecule has 5 nitrogen and oxygen atoms in total. The first-order valence-corrected chi connectivity index (χ1v) is 6.58. The zero-order chi connectivity index (χ0) is 13.3. The standard InChI is InChI=1S/C13H22N4O/c1-9(2)17-7-5-15-12(13(17)18)16-6-4-11(8-16)10(3)14/h5,7,9-11H,4,6,8,14H2,1-3H3. The smallest absolute Gasteiger partial charge is 0.293 e. The van der Waals surface area contributed by atoms with Crippen molar-refractivity contribution in [3.63, 3.8) is 0 Å². The van der Waals surface area contributed by atoms with Gasteiger partial charge in [0, 0.05) is 37.6 Å². The number of hydrogen-bond donors (Lipinski definition) is 1. The molecule has 0 radical (unpaired) electrons. The lowest BCUT2D eigenvalue weighted by Crippen LogP contribution is -2.34. The maximum absolute atomic E-state index is 12.3. The fourth-order valence-corrected chi connectivity index (χ4v) is 2.45. The van der Waals surface area contributed by atoms with Gasteiger partial charge in [0.05, 0.1) is 0 Å². The van der Waals surface area contributed by atoms with Gasteiger partial charge in [-0.3, -0.25) is 4.79 Å². The van der Waals surface area contributed by atoms with Gasteiger partial charge in [-0.1, -0.05) is 0 Å². The van der Waals surface area contributed by atoms with Gasteiger partial charge in [-0.25, -0.2) is 4.98 Å². The second kappa shape index (κ2) is 5.10. The molecule has 1 aromatic heterocycles. The number of rotatable bonds is 3. The van der Waals surface area contributed by atoms with Crippen LogP contribution in [0.2, 0.25) is 0 Å². The SMILES string of the molecule is CC(N)C1CCN(c2nccn(C(C)C)c2=O)C1. The third-order valence-electron chi connectivity index (χ3n) is 3.67. The van der Waals surface area contributed by atoms with Gasteiger partial charge < -0.3 is 15.2 Å². The van der Waals surface area contributed by atoms with Crippen molar-refractivity contribution >= 4 is 5.82 Å². The van der Waals surface area contributed by atoms with Crippen LogP contribution in [0.5, 0.6) is 0 Å². The quantitative estimate of drug-likeness (QED) is 0.869. The van der Waals surface area contributed by atoms with Gasteiger partial charge in [0.15, 0.2) is 5.82 Å². The molecular weight excluding hydrogens is 228 g/mol. The Balaban J connectivity index is 2.25. The summed E-state index contributed by atoms with van der Waals surface area (Å²) in [5, 5.41) is 0. The molecular formula is C13H22N4O. The third-order valence-corrected chi connectivity index (χ3v) is 3.67. The highest BCUT2D eigenvalue weighted by molar-refractivity contribution is 5.37. The first kappa shape index (κ1) is 13.1. The Bertz CT molecular complexity index is 466. The molecule has 0 bridgehead atoms. The summed E-state index contributed by atoms with van der Waals surface area (Å²) in [4.78, 5) is 18.6. The van der Waals surface area contributed by atoms with Crippen molar-refractivity contribution in [3.8, 4) is 0 Å². The Morgan fingerprint density at radius 3 is 2.72 bits per heavy atom. The van der Waals surface area contributed by atoms with E-state index < -0.39 is 0 Å². The summed E-state index contributed by atoms with van der Waals surface area (Å²) in [7, 11) is 0. The minimum atomic E-state index is -0.00201. The molecule has 0 saturated carbocycles. The predicted molar refractivity (Wildman–Crippen MR) is 72.9 cm³/mol. The van der Waals surface area contributed by atoms with E-state index in [1.54, 1.807) is 17.0 Å². The molecule has 1 aliphatic heterocycles. The lowest BCUT2D eigenvalue weighted by atomic mass is 10.0. The summed E-state index contributed by atoms with van der Waals surface area (Å²) in [6.45, 7) is 7.73. The molecule has 0 spiro atoms. The van der Waals surface area contributed by atoms with E-state index in [0.29, 0.717) is 11.7 Å². The Kier molecular flexibility index (Phi) is 3.71. The first-order chi connectivity index (χ1) is 8.50. The summed E-state index contributed by atoms with van der Waals surface area (Å²) in [5.41, 5.74) is 5.92. The number of nitrogens with zero attached hydrogens (tertiary/aromatic N) is 3. The van der Waals surface area contributed by atoms with Gasteiger partial charge in [0.2, 0.25) is 0 Å². The zero-order valence-corrected chi connectivity index (χ0v) is 11.3. The summed E-state index contributed by atoms with van der Waals surface area (Å²) in [5.74, 6) is 1.02. The van der Waals surface area contributed by atoms with E-state index in [4.69, 9.17) is 5.73 Å². The Morgan fingerprint density at radius 1 is 1.44 bits per heavy atom. The average Bonchev–Trinajstić information content (AvgIpc) is 2.78. The molecule has 1 saturated heterocycles. The van der Waals surface area contributed by atoms with E-state index in [2.05, 4.69) is 9.88 Å². The molecule has 2 rings (SSSR count). The number of anilines is 1. The summed E-state index contributed by atoms with van der Waals surface area (Å²) < 4.78 is 1.72. The first-order valence-electron chi connectivity index (χ1n) is 6.58. The van der Waals surface area contributed by atoms with Crippen LogP contribution in [-0.4, -0.2) is 28.7 Å². The lowest BCUT2D eigenvalue weighted by Gasteiger charge is -2.20. The van der Waals surface area contributed by atoms with Crippen molar-refractivity contribution in [2.24, 2.45) is 11.7 Å². The van der Waals surface area contributed by atoms with Gasteiger partial charge in [-0.2, -0.15) is 0 Å². The van der Waals surface area contributed by atoms with Crippen LogP contribution in [0.25, 0.3) is 0 Å². The molecule has 1 fully saturated rings. The molecule has 2 heterocycles. The van der Waals surface area contributed by atoms with Crippen LogP contribution < -0.4 is 16.2 Å². The highest BCUT2D eigenvalue weighted by Gasteiger charge is 2.27. The highest BCUT2D eigenvalue weighted by Crippen LogP contribution is 2.21. The van der Waals surface area contributed by atoms with E-state index in [1.807, 2.05) is 20.8 Å². The molecule has 0 amide bonds. The van der Waals surface area contributed by atoms with Crippen molar-refractivity contribution in [1.82, 2.24) is 9.55 Å². The molecule has 2 unspecified atom stereocenters. The number of aromatic nitrogens is 2. The Labute approximate surface area is 108 Å². The van der Waals surface area contributed by atoms with Gasteiger partial charge >= 0.3 is 0 Å². The fourth-order valence-electron chi connectivity index (χ4n) is 2.45.